The first kappa shape index (κ1) is 42.0. The number of ether oxygens (including phenoxy) is 2. The van der Waals surface area contributed by atoms with Gasteiger partial charge >= 0.3 is 6.09 Å². The monoisotopic (exact) mass is 853 g/mol. The number of alkyl carbamates (subject to hydrolysis) is 1. The number of benzene rings is 1. The summed E-state index contributed by atoms with van der Waals surface area (Å²) in [6, 6.07) is 4.41. The lowest BCUT2D eigenvalue weighted by molar-refractivity contribution is -0.143. The van der Waals surface area contributed by atoms with E-state index in [1.54, 1.807) is 45.9 Å². The number of alkyl halides is 2. The predicted octanol–water partition coefficient (Wildman–Crippen LogP) is 4.52. The second kappa shape index (κ2) is 15.1. The Morgan fingerprint density at radius 2 is 1.80 bits per heavy atom. The van der Waals surface area contributed by atoms with Gasteiger partial charge in [-0.25, -0.2) is 32.0 Å². The Kier molecular flexibility index (Phi) is 10.6. The van der Waals surface area contributed by atoms with Gasteiger partial charge in [0.05, 0.1) is 39.9 Å². The van der Waals surface area contributed by atoms with Gasteiger partial charge in [-0.1, -0.05) is 40.5 Å². The quantitative estimate of drug-likeness (QED) is 0.368. The van der Waals surface area contributed by atoms with Crippen molar-refractivity contribution in [2.24, 2.45) is 35.0 Å². The largest absolute Gasteiger partial charge is 0.471 e. The van der Waals surface area contributed by atoms with E-state index in [9.17, 15) is 41.6 Å². The summed E-state index contributed by atoms with van der Waals surface area (Å²) in [4.78, 5) is 67.8. The second-order valence-electron chi connectivity index (χ2n) is 19.3. The number of fused-ring (bicyclic) bond motifs is 7. The van der Waals surface area contributed by atoms with E-state index in [1.807, 2.05) is 4.72 Å². The number of carbonyl (C=O) groups is 4. The van der Waals surface area contributed by atoms with E-state index >= 15 is 0 Å². The summed E-state index contributed by atoms with van der Waals surface area (Å²) in [5.41, 5.74) is -1.31. The van der Waals surface area contributed by atoms with Crippen molar-refractivity contribution >= 4 is 44.9 Å². The molecule has 5 fully saturated rings. The van der Waals surface area contributed by atoms with Crippen molar-refractivity contribution in [1.82, 2.24) is 30.2 Å². The Bertz CT molecular complexity index is 2260. The van der Waals surface area contributed by atoms with Crippen LogP contribution in [0.1, 0.15) is 104 Å². The topological polar surface area (TPSA) is 210 Å². The Morgan fingerprint density at radius 1 is 1.05 bits per heavy atom. The van der Waals surface area contributed by atoms with Gasteiger partial charge in [-0.3, -0.25) is 19.1 Å². The van der Waals surface area contributed by atoms with Crippen LogP contribution in [0.4, 0.5) is 13.6 Å². The number of nitrogens with zero attached hydrogens (tertiary/aromatic N) is 4. The minimum absolute atomic E-state index is 0.157. The van der Waals surface area contributed by atoms with Crippen molar-refractivity contribution in [1.29, 1.82) is 5.26 Å². The number of hydrogen-bond donors (Lipinski definition) is 3. The van der Waals surface area contributed by atoms with Crippen molar-refractivity contribution in [3.8, 4) is 11.9 Å². The number of sulfonamides is 1. The van der Waals surface area contributed by atoms with Crippen LogP contribution < -0.4 is 20.1 Å². The maximum absolute atomic E-state index is 14.9. The molecule has 324 valence electrons. The molecule has 2 unspecified atom stereocenters. The molecule has 4 saturated carbocycles. The number of aryl methyl sites for hydroxylation is 1. The highest BCUT2D eigenvalue weighted by Gasteiger charge is 2.68. The van der Waals surface area contributed by atoms with Crippen molar-refractivity contribution < 1.29 is 45.9 Å². The lowest BCUT2D eigenvalue weighted by Crippen LogP contribution is -2.61. The van der Waals surface area contributed by atoms with Gasteiger partial charge in [-0.15, -0.1) is 0 Å². The molecule has 3 N–H and O–H groups in total. The minimum Gasteiger partial charge on any atom is -0.471 e. The summed E-state index contributed by atoms with van der Waals surface area (Å²) in [5, 5.41) is 14.9. The van der Waals surface area contributed by atoms with Gasteiger partial charge in [0.15, 0.2) is 0 Å². The van der Waals surface area contributed by atoms with E-state index in [4.69, 9.17) is 19.4 Å². The molecule has 3 heterocycles. The molecule has 4 aliphatic carbocycles. The number of carbonyl (C=O) groups excluding carboxylic acids is 4. The highest BCUT2D eigenvalue weighted by molar-refractivity contribution is 7.91. The molecule has 1 saturated heterocycles. The predicted molar refractivity (Wildman–Crippen MR) is 212 cm³/mol. The highest BCUT2D eigenvalue weighted by atomic mass is 32.2. The zero-order valence-corrected chi connectivity index (χ0v) is 35.3. The van der Waals surface area contributed by atoms with Crippen molar-refractivity contribution in [3.05, 3.63) is 29.5 Å². The number of nitriles is 1. The molecular weight excluding hydrogens is 801 g/mol. The Labute approximate surface area is 348 Å². The summed E-state index contributed by atoms with van der Waals surface area (Å²) >= 11 is 0. The molecule has 0 spiro atoms. The van der Waals surface area contributed by atoms with E-state index in [-0.39, 0.29) is 37.3 Å². The fourth-order valence-corrected chi connectivity index (χ4v) is 11.0. The molecule has 0 radical (unpaired) electrons. The third-order valence-electron chi connectivity index (χ3n) is 14.0. The first-order chi connectivity index (χ1) is 28.2. The maximum Gasteiger partial charge on any atom is 0.408 e. The van der Waals surface area contributed by atoms with Crippen LogP contribution in [-0.2, 0) is 35.6 Å². The molecule has 4 amide bonds. The van der Waals surface area contributed by atoms with Crippen LogP contribution in [-0.4, -0.2) is 94.6 Å². The molecule has 2 aromatic rings. The number of amides is 4. The Balaban J connectivity index is 1.15. The number of rotatable bonds is 6. The number of halogens is 2. The SMILES string of the molecule is C[C@@H]1[C@@H]2CN(C(=O)[C@H](C(C)(C)C)NC(=O)O[C@@H]3C[C@@H]4CC4[C@H]3CCCCCc3nc4ccc(C#N)cc4nc3O2)[C@@H]1C(=O)NC1(C(=O)NS(=O)(=O)C2(C)CC2)C[C@H]1C(F)F. The number of nitrogens with one attached hydrogen (secondary N) is 3. The average Bonchev–Trinajstić information content (AvgIpc) is 4.13. The Hall–Kier alpha value is -4.66. The van der Waals surface area contributed by atoms with Crippen LogP contribution in [0.3, 0.4) is 0 Å². The van der Waals surface area contributed by atoms with Gasteiger partial charge in [-0.2, -0.15) is 5.26 Å². The molecule has 10 atom stereocenters. The third-order valence-corrected chi connectivity index (χ3v) is 16.1. The van der Waals surface area contributed by atoms with Crippen molar-refractivity contribution in [2.75, 3.05) is 6.54 Å². The van der Waals surface area contributed by atoms with Gasteiger partial charge in [0.1, 0.15) is 35.5 Å². The van der Waals surface area contributed by atoms with E-state index in [0.717, 1.165) is 38.5 Å². The van der Waals surface area contributed by atoms with Crippen LogP contribution in [0.2, 0.25) is 0 Å². The van der Waals surface area contributed by atoms with Gasteiger partial charge in [0.2, 0.25) is 34.1 Å². The van der Waals surface area contributed by atoms with Gasteiger partial charge in [0.25, 0.3) is 5.91 Å². The standard InChI is InChI=1S/C42H53F2N7O8S/c1-21-31-20-51(32(21)35(52)49-42(18-26(42)34(43)44)38(54)50-60(56,57)41(5)13-14-41)37(53)33(40(2,3)4)48-39(55)59-30-17-23-16-25(23)24(30)9-7-6-8-10-28-36(58-31)47-29-15-22(19-45)11-12-27(29)46-28/h11-12,15,21,23-26,30-34H,6-10,13-14,16-18,20H2,1-5H3,(H,48,55)(H,49,52)(H,50,54)/t21-,23+,24-,25?,26+,30-,31+,32+,33-,42?/m1/s1. The molecule has 1 aromatic carbocycles. The van der Waals surface area contributed by atoms with Crippen molar-refractivity contribution in [2.45, 2.75) is 140 Å². The van der Waals surface area contributed by atoms with Crippen molar-refractivity contribution in [3.63, 3.8) is 0 Å². The van der Waals surface area contributed by atoms with E-state index in [1.165, 1.54) is 11.8 Å². The molecule has 18 heteroatoms. The summed E-state index contributed by atoms with van der Waals surface area (Å²) in [6.45, 7) is 8.14. The summed E-state index contributed by atoms with van der Waals surface area (Å²) in [5.74, 6) is -4.11. The minimum atomic E-state index is -4.25. The van der Waals surface area contributed by atoms with E-state index < -0.39 is 92.4 Å². The van der Waals surface area contributed by atoms with Gasteiger partial charge < -0.3 is 25.0 Å². The Morgan fingerprint density at radius 3 is 2.47 bits per heavy atom. The van der Waals surface area contributed by atoms with Crippen LogP contribution in [0, 0.1) is 46.3 Å². The van der Waals surface area contributed by atoms with Gasteiger partial charge in [0, 0.05) is 5.92 Å². The molecule has 15 nitrogen and oxygen atoms in total. The maximum atomic E-state index is 14.9. The number of aromatic nitrogens is 2. The lowest BCUT2D eigenvalue weighted by Gasteiger charge is -2.36. The summed E-state index contributed by atoms with van der Waals surface area (Å²) in [7, 11) is -4.25. The fraction of sp³-hybridized carbons (Fsp3) is 0.690. The van der Waals surface area contributed by atoms with Crippen LogP contribution in [0.15, 0.2) is 18.2 Å². The summed E-state index contributed by atoms with van der Waals surface area (Å²) in [6.07, 6.45) is 0.720. The van der Waals surface area contributed by atoms with Crippen LogP contribution in [0.5, 0.6) is 5.88 Å². The molecule has 2 bridgehead atoms. The van der Waals surface area contributed by atoms with E-state index in [2.05, 4.69) is 16.7 Å². The zero-order chi connectivity index (χ0) is 43.1. The first-order valence-corrected chi connectivity index (χ1v) is 22.6. The van der Waals surface area contributed by atoms with Gasteiger partial charge in [-0.05, 0) is 99.7 Å². The summed E-state index contributed by atoms with van der Waals surface area (Å²) < 4.78 is 68.3. The number of hydrogen-bond acceptors (Lipinski definition) is 11. The molecular formula is C42H53F2N7O8S. The first-order valence-electron chi connectivity index (χ1n) is 21.1. The normalized spacial score (nSPS) is 33.7. The molecule has 60 heavy (non-hydrogen) atoms. The zero-order valence-electron chi connectivity index (χ0n) is 34.5. The third kappa shape index (κ3) is 7.75. The molecule has 8 rings (SSSR count). The average molecular weight is 854 g/mol. The lowest BCUT2D eigenvalue weighted by atomic mass is 9.85. The highest BCUT2D eigenvalue weighted by Crippen LogP contribution is 2.58. The fourth-order valence-electron chi connectivity index (χ4n) is 9.69. The second-order valence-corrected chi connectivity index (χ2v) is 21.5. The molecule has 2 aliphatic heterocycles. The van der Waals surface area contributed by atoms with E-state index in [0.29, 0.717) is 40.5 Å². The van der Waals surface area contributed by atoms with Crippen LogP contribution in [0.25, 0.3) is 11.0 Å². The molecule has 6 aliphatic rings. The van der Waals surface area contributed by atoms with Crippen LogP contribution >= 0.6 is 0 Å². The smallest absolute Gasteiger partial charge is 0.408 e. The molecule has 1 aromatic heterocycles.